The van der Waals surface area contributed by atoms with E-state index < -0.39 is 0 Å². The molecule has 0 aromatic rings. The number of unbranched alkanes of at least 4 members (excludes halogenated alkanes) is 7. The van der Waals surface area contributed by atoms with E-state index in [2.05, 4.69) is 77.7 Å². The summed E-state index contributed by atoms with van der Waals surface area (Å²) in [5.74, 6) is 0.666. The molecule has 0 nitrogen and oxygen atoms in total. The standard InChI is InChI=1S/C31H54/c1-7-11-15-17-20-24-30(23-19-16-12-8-2)31(26-25-28(5)6)27-29(21-14-10-4)22-18-13-9-3/h18-20,22-24,29H,5,7-17,21,25-27H2,1-4,6H3. The molecule has 0 saturated heterocycles. The van der Waals surface area contributed by atoms with Gasteiger partial charge >= 0.3 is 0 Å². The zero-order chi connectivity index (χ0) is 23.2. The lowest BCUT2D eigenvalue weighted by molar-refractivity contribution is 0.540. The van der Waals surface area contributed by atoms with E-state index in [1.807, 2.05) is 0 Å². The van der Waals surface area contributed by atoms with Gasteiger partial charge in [-0.15, -0.1) is 6.58 Å². The molecule has 0 bridgehead atoms. The molecule has 0 radical (unpaired) electrons. The van der Waals surface area contributed by atoms with Crippen molar-refractivity contribution in [2.24, 2.45) is 5.92 Å². The minimum atomic E-state index is 0.666. The van der Waals surface area contributed by atoms with E-state index in [1.165, 1.54) is 94.6 Å². The van der Waals surface area contributed by atoms with Crippen molar-refractivity contribution in [2.75, 3.05) is 0 Å². The highest BCUT2D eigenvalue weighted by atomic mass is 14.2. The van der Waals surface area contributed by atoms with Crippen molar-refractivity contribution in [3.05, 3.63) is 59.8 Å². The van der Waals surface area contributed by atoms with E-state index in [0.29, 0.717) is 5.92 Å². The average Bonchev–Trinajstić information content (AvgIpc) is 2.76. The Morgan fingerprint density at radius 1 is 0.710 bits per heavy atom. The predicted octanol–water partition coefficient (Wildman–Crippen LogP) is 11.1. The fraction of sp³-hybridized carbons (Fsp3) is 0.677. The molecule has 0 spiro atoms. The molecule has 0 fully saturated rings. The Bertz CT molecular complexity index is 540. The molecule has 0 aromatic carbocycles. The van der Waals surface area contributed by atoms with E-state index in [0.717, 1.165) is 12.8 Å². The summed E-state index contributed by atoms with van der Waals surface area (Å²) in [6, 6.07) is 0. The van der Waals surface area contributed by atoms with Crippen LogP contribution >= 0.6 is 0 Å². The lowest BCUT2D eigenvalue weighted by Gasteiger charge is -2.18. The van der Waals surface area contributed by atoms with Crippen molar-refractivity contribution >= 4 is 0 Å². The van der Waals surface area contributed by atoms with Crippen LogP contribution in [0.5, 0.6) is 0 Å². The Balaban J connectivity index is 5.74. The molecule has 0 aliphatic carbocycles. The topological polar surface area (TPSA) is 0 Å². The molecule has 1 unspecified atom stereocenters. The molecule has 0 aliphatic rings. The maximum Gasteiger partial charge on any atom is -0.0196 e. The van der Waals surface area contributed by atoms with Crippen LogP contribution in [0.25, 0.3) is 0 Å². The van der Waals surface area contributed by atoms with Gasteiger partial charge < -0.3 is 0 Å². The van der Waals surface area contributed by atoms with Crippen molar-refractivity contribution < 1.29 is 0 Å². The van der Waals surface area contributed by atoms with E-state index in [4.69, 9.17) is 0 Å². The van der Waals surface area contributed by atoms with Crippen LogP contribution in [0.4, 0.5) is 0 Å². The zero-order valence-electron chi connectivity index (χ0n) is 21.9. The fourth-order valence-corrected chi connectivity index (χ4v) is 3.78. The van der Waals surface area contributed by atoms with Crippen molar-refractivity contribution in [3.8, 4) is 0 Å². The molecule has 0 saturated carbocycles. The first-order valence-electron chi connectivity index (χ1n) is 13.4. The Morgan fingerprint density at radius 3 is 1.94 bits per heavy atom. The van der Waals surface area contributed by atoms with Gasteiger partial charge in [-0.25, -0.2) is 0 Å². The van der Waals surface area contributed by atoms with Crippen LogP contribution in [0, 0.1) is 5.92 Å². The molecule has 1 atom stereocenters. The predicted molar refractivity (Wildman–Crippen MR) is 145 cm³/mol. The number of hydrogen-bond donors (Lipinski definition) is 0. The molecule has 178 valence electrons. The first-order valence-corrected chi connectivity index (χ1v) is 13.4. The van der Waals surface area contributed by atoms with Gasteiger partial charge in [-0.05, 0) is 69.8 Å². The van der Waals surface area contributed by atoms with Crippen LogP contribution in [0.2, 0.25) is 0 Å². The van der Waals surface area contributed by atoms with Gasteiger partial charge in [0.15, 0.2) is 0 Å². The van der Waals surface area contributed by atoms with Gasteiger partial charge in [-0.2, -0.15) is 0 Å². The Morgan fingerprint density at radius 2 is 1.35 bits per heavy atom. The van der Waals surface area contributed by atoms with Gasteiger partial charge in [0.1, 0.15) is 0 Å². The molecule has 0 heteroatoms. The van der Waals surface area contributed by atoms with Crippen molar-refractivity contribution in [1.29, 1.82) is 0 Å². The quantitative estimate of drug-likeness (QED) is 0.103. The molecule has 0 N–H and O–H groups in total. The van der Waals surface area contributed by atoms with E-state index in [-0.39, 0.29) is 0 Å². The van der Waals surface area contributed by atoms with E-state index in [9.17, 15) is 0 Å². The Hall–Kier alpha value is -1.30. The molecular formula is C31H54. The van der Waals surface area contributed by atoms with Gasteiger partial charge in [0.2, 0.25) is 0 Å². The summed E-state index contributed by atoms with van der Waals surface area (Å²) in [6.07, 6.45) is 33.3. The number of allylic oxidation sites excluding steroid dienone is 9. The minimum Gasteiger partial charge on any atom is -0.100 e. The summed E-state index contributed by atoms with van der Waals surface area (Å²) in [6.45, 7) is 15.5. The Labute approximate surface area is 196 Å². The van der Waals surface area contributed by atoms with E-state index in [1.54, 1.807) is 5.57 Å². The lowest BCUT2D eigenvalue weighted by Crippen LogP contribution is -2.02. The van der Waals surface area contributed by atoms with Crippen LogP contribution < -0.4 is 0 Å². The van der Waals surface area contributed by atoms with Crippen LogP contribution in [-0.4, -0.2) is 0 Å². The third-order valence-corrected chi connectivity index (χ3v) is 5.86. The van der Waals surface area contributed by atoms with Gasteiger partial charge in [0.25, 0.3) is 0 Å². The first-order chi connectivity index (χ1) is 15.1. The highest BCUT2D eigenvalue weighted by molar-refractivity contribution is 5.36. The molecule has 31 heavy (non-hydrogen) atoms. The monoisotopic (exact) mass is 426 g/mol. The molecular weight excluding hydrogens is 372 g/mol. The van der Waals surface area contributed by atoms with Gasteiger partial charge in [-0.1, -0.05) is 120 Å². The lowest BCUT2D eigenvalue weighted by atomic mass is 9.87. The molecule has 0 amide bonds. The van der Waals surface area contributed by atoms with Crippen molar-refractivity contribution in [1.82, 2.24) is 0 Å². The second-order valence-corrected chi connectivity index (χ2v) is 9.28. The van der Waals surface area contributed by atoms with E-state index >= 15 is 0 Å². The third-order valence-electron chi connectivity index (χ3n) is 5.86. The van der Waals surface area contributed by atoms with Crippen LogP contribution in [0.1, 0.15) is 131 Å². The van der Waals surface area contributed by atoms with Crippen LogP contribution in [-0.2, 0) is 0 Å². The molecule has 0 heterocycles. The van der Waals surface area contributed by atoms with Crippen LogP contribution in [0.3, 0.4) is 0 Å². The fourth-order valence-electron chi connectivity index (χ4n) is 3.78. The smallest absolute Gasteiger partial charge is 0.0196 e. The summed E-state index contributed by atoms with van der Waals surface area (Å²) >= 11 is 0. The Kier molecular flexibility index (Phi) is 21.0. The molecule has 0 rings (SSSR count). The van der Waals surface area contributed by atoms with Crippen molar-refractivity contribution in [2.45, 2.75) is 131 Å². The average molecular weight is 427 g/mol. The minimum absolute atomic E-state index is 0.666. The summed E-state index contributed by atoms with van der Waals surface area (Å²) < 4.78 is 0. The first kappa shape index (κ1) is 29.7. The zero-order valence-corrected chi connectivity index (χ0v) is 21.9. The maximum atomic E-state index is 4.19. The normalized spacial score (nSPS) is 14.1. The summed E-state index contributed by atoms with van der Waals surface area (Å²) in [4.78, 5) is 0. The molecule has 0 aliphatic heterocycles. The second kappa shape index (κ2) is 21.9. The highest BCUT2D eigenvalue weighted by Gasteiger charge is 2.11. The largest absolute Gasteiger partial charge is 0.100 e. The SMILES string of the molecule is C=C(C)CCC(CC(C=CCCC)CCCC)=C(C=CCCCC)C=CCCCCC. The van der Waals surface area contributed by atoms with Gasteiger partial charge in [0.05, 0.1) is 0 Å². The summed E-state index contributed by atoms with van der Waals surface area (Å²) in [7, 11) is 0. The summed E-state index contributed by atoms with van der Waals surface area (Å²) in [5, 5.41) is 0. The van der Waals surface area contributed by atoms with Crippen LogP contribution in [0.15, 0.2) is 59.8 Å². The highest BCUT2D eigenvalue weighted by Crippen LogP contribution is 2.28. The number of hydrogen-bond acceptors (Lipinski definition) is 0. The second-order valence-electron chi connectivity index (χ2n) is 9.28. The molecule has 0 aromatic heterocycles. The van der Waals surface area contributed by atoms with Crippen molar-refractivity contribution in [3.63, 3.8) is 0 Å². The summed E-state index contributed by atoms with van der Waals surface area (Å²) in [5.41, 5.74) is 4.40. The number of rotatable bonds is 20. The maximum absolute atomic E-state index is 4.19. The van der Waals surface area contributed by atoms with Gasteiger partial charge in [-0.3, -0.25) is 0 Å². The third kappa shape index (κ3) is 18.0. The van der Waals surface area contributed by atoms with Gasteiger partial charge in [0, 0.05) is 0 Å².